The predicted molar refractivity (Wildman–Crippen MR) is 46.2 cm³/mol. The van der Waals surface area contributed by atoms with Crippen LogP contribution in [-0.4, -0.2) is 24.3 Å². The van der Waals surface area contributed by atoms with Crippen LogP contribution in [0.4, 0.5) is 0 Å². The monoisotopic (exact) mass is 180 g/mol. The van der Waals surface area contributed by atoms with Crippen molar-refractivity contribution < 1.29 is 19.9 Å². The molecule has 0 unspecified atom stereocenters. The van der Waals surface area contributed by atoms with E-state index in [4.69, 9.17) is 0 Å². The summed E-state index contributed by atoms with van der Waals surface area (Å²) in [6, 6.07) is 4.54. The SMILES string of the molecule is O.O=Cc1cccc(C=O)c1C=O. The van der Waals surface area contributed by atoms with E-state index in [1.165, 1.54) is 12.1 Å². The van der Waals surface area contributed by atoms with Crippen molar-refractivity contribution in [2.24, 2.45) is 0 Å². The molecule has 4 nitrogen and oxygen atoms in total. The fraction of sp³-hybridized carbons (Fsp3) is 0. The van der Waals surface area contributed by atoms with Crippen molar-refractivity contribution in [3.8, 4) is 0 Å². The summed E-state index contributed by atoms with van der Waals surface area (Å²) in [7, 11) is 0. The standard InChI is InChI=1S/C9H6O3.H2O/c10-4-7-2-1-3-8(5-11)9(7)6-12;/h1-6H;1H2. The third-order valence-corrected chi connectivity index (χ3v) is 1.55. The van der Waals surface area contributed by atoms with Crippen LogP contribution in [-0.2, 0) is 0 Å². The minimum absolute atomic E-state index is 0. The van der Waals surface area contributed by atoms with Crippen molar-refractivity contribution in [2.45, 2.75) is 0 Å². The van der Waals surface area contributed by atoms with Crippen LogP contribution in [0.2, 0.25) is 0 Å². The summed E-state index contributed by atoms with van der Waals surface area (Å²) in [5, 5.41) is 0. The van der Waals surface area contributed by atoms with Crippen LogP contribution < -0.4 is 0 Å². The molecule has 0 saturated carbocycles. The molecule has 1 aromatic carbocycles. The summed E-state index contributed by atoms with van der Waals surface area (Å²) in [5.41, 5.74) is 0.645. The van der Waals surface area contributed by atoms with E-state index in [-0.39, 0.29) is 22.2 Å². The minimum Gasteiger partial charge on any atom is -0.412 e. The first-order chi connectivity index (χ1) is 5.83. The maximum atomic E-state index is 10.4. The molecule has 1 rings (SSSR count). The molecule has 4 heteroatoms. The zero-order valence-corrected chi connectivity index (χ0v) is 6.69. The molecule has 0 fully saturated rings. The van der Waals surface area contributed by atoms with Gasteiger partial charge in [-0.05, 0) is 0 Å². The maximum absolute atomic E-state index is 10.4. The molecule has 13 heavy (non-hydrogen) atoms. The highest BCUT2D eigenvalue weighted by atomic mass is 16.1. The molecule has 0 aromatic heterocycles. The van der Waals surface area contributed by atoms with Gasteiger partial charge in [0.2, 0.25) is 0 Å². The molecule has 2 N–H and O–H groups in total. The maximum Gasteiger partial charge on any atom is 0.151 e. The number of aldehydes is 3. The quantitative estimate of drug-likeness (QED) is 0.627. The number of hydrogen-bond acceptors (Lipinski definition) is 3. The molecule has 0 amide bonds. The van der Waals surface area contributed by atoms with E-state index in [0.717, 1.165) is 0 Å². The molecular weight excluding hydrogens is 172 g/mol. The van der Waals surface area contributed by atoms with Gasteiger partial charge in [0.15, 0.2) is 18.9 Å². The van der Waals surface area contributed by atoms with Gasteiger partial charge in [0.1, 0.15) is 0 Å². The van der Waals surface area contributed by atoms with Crippen LogP contribution in [0.5, 0.6) is 0 Å². The lowest BCUT2D eigenvalue weighted by Crippen LogP contribution is -1.96. The predicted octanol–water partition coefficient (Wildman–Crippen LogP) is 0.299. The largest absolute Gasteiger partial charge is 0.412 e. The second-order valence-electron chi connectivity index (χ2n) is 2.20. The smallest absolute Gasteiger partial charge is 0.151 e. The summed E-state index contributed by atoms with van der Waals surface area (Å²) in [5.74, 6) is 0. The Labute approximate surface area is 74.5 Å². The Balaban J connectivity index is 0.00000144. The van der Waals surface area contributed by atoms with Crippen LogP contribution in [0.25, 0.3) is 0 Å². The van der Waals surface area contributed by atoms with E-state index in [9.17, 15) is 14.4 Å². The van der Waals surface area contributed by atoms with E-state index in [1.807, 2.05) is 0 Å². The number of benzene rings is 1. The summed E-state index contributed by atoms with van der Waals surface area (Å²) < 4.78 is 0. The normalized spacial score (nSPS) is 8.31. The molecular formula is C9H8O4. The van der Waals surface area contributed by atoms with Crippen LogP contribution in [0, 0.1) is 0 Å². The van der Waals surface area contributed by atoms with Gasteiger partial charge < -0.3 is 5.48 Å². The highest BCUT2D eigenvalue weighted by Crippen LogP contribution is 2.08. The molecule has 1 aromatic rings. The Morgan fingerprint density at radius 1 is 0.846 bits per heavy atom. The van der Waals surface area contributed by atoms with Gasteiger partial charge in [0, 0.05) is 16.7 Å². The second kappa shape index (κ2) is 4.95. The molecule has 0 aliphatic heterocycles. The van der Waals surface area contributed by atoms with Gasteiger partial charge in [-0.1, -0.05) is 18.2 Å². The van der Waals surface area contributed by atoms with E-state index in [2.05, 4.69) is 0 Å². The lowest BCUT2D eigenvalue weighted by atomic mass is 10.0. The van der Waals surface area contributed by atoms with Gasteiger partial charge >= 0.3 is 0 Å². The van der Waals surface area contributed by atoms with Crippen LogP contribution in [0.15, 0.2) is 18.2 Å². The van der Waals surface area contributed by atoms with Gasteiger partial charge in [0.05, 0.1) is 0 Å². The molecule has 0 bridgehead atoms. The zero-order valence-electron chi connectivity index (χ0n) is 6.69. The van der Waals surface area contributed by atoms with Crippen LogP contribution in [0.1, 0.15) is 31.1 Å². The third-order valence-electron chi connectivity index (χ3n) is 1.55. The molecule has 0 saturated heterocycles. The molecule has 0 aliphatic carbocycles. The average Bonchev–Trinajstić information content (AvgIpc) is 2.16. The Hall–Kier alpha value is -1.81. The Morgan fingerprint density at radius 3 is 1.62 bits per heavy atom. The minimum atomic E-state index is 0. The fourth-order valence-electron chi connectivity index (χ4n) is 0.943. The van der Waals surface area contributed by atoms with E-state index < -0.39 is 0 Å². The van der Waals surface area contributed by atoms with Gasteiger partial charge in [0.25, 0.3) is 0 Å². The van der Waals surface area contributed by atoms with E-state index in [0.29, 0.717) is 18.9 Å². The first kappa shape index (κ1) is 11.2. The number of carbonyl (C=O) groups is 3. The lowest BCUT2D eigenvalue weighted by Gasteiger charge is -1.97. The summed E-state index contributed by atoms with van der Waals surface area (Å²) in [6.07, 6.45) is 1.61. The summed E-state index contributed by atoms with van der Waals surface area (Å²) in [4.78, 5) is 31.2. The molecule has 0 atom stereocenters. The third kappa shape index (κ3) is 2.07. The van der Waals surface area contributed by atoms with Gasteiger partial charge in [-0.3, -0.25) is 14.4 Å². The average molecular weight is 180 g/mol. The molecule has 0 radical (unpaired) electrons. The first-order valence-electron chi connectivity index (χ1n) is 3.32. The summed E-state index contributed by atoms with van der Waals surface area (Å²) >= 11 is 0. The van der Waals surface area contributed by atoms with Crippen LogP contribution >= 0.6 is 0 Å². The van der Waals surface area contributed by atoms with Crippen molar-refractivity contribution in [3.05, 3.63) is 34.9 Å². The number of carbonyl (C=O) groups excluding carboxylic acids is 3. The van der Waals surface area contributed by atoms with Crippen LogP contribution in [0.3, 0.4) is 0 Å². The van der Waals surface area contributed by atoms with Crippen molar-refractivity contribution in [1.29, 1.82) is 0 Å². The zero-order chi connectivity index (χ0) is 8.97. The van der Waals surface area contributed by atoms with E-state index in [1.54, 1.807) is 6.07 Å². The van der Waals surface area contributed by atoms with Gasteiger partial charge in [-0.2, -0.15) is 0 Å². The first-order valence-corrected chi connectivity index (χ1v) is 3.32. The van der Waals surface area contributed by atoms with Gasteiger partial charge in [-0.25, -0.2) is 0 Å². The van der Waals surface area contributed by atoms with Crippen molar-refractivity contribution in [1.82, 2.24) is 0 Å². The van der Waals surface area contributed by atoms with Gasteiger partial charge in [-0.15, -0.1) is 0 Å². The lowest BCUT2D eigenvalue weighted by molar-refractivity contribution is 0.108. The second-order valence-corrected chi connectivity index (χ2v) is 2.20. The topological polar surface area (TPSA) is 82.7 Å². The molecule has 0 heterocycles. The Morgan fingerprint density at radius 2 is 1.31 bits per heavy atom. The van der Waals surface area contributed by atoms with E-state index >= 15 is 0 Å². The van der Waals surface area contributed by atoms with Crippen molar-refractivity contribution in [2.75, 3.05) is 0 Å². The molecule has 0 aliphatic rings. The molecule has 68 valence electrons. The molecule has 0 spiro atoms. The Kier molecular flexibility index (Phi) is 4.26. The number of hydrogen-bond donors (Lipinski definition) is 0. The fourth-order valence-corrected chi connectivity index (χ4v) is 0.943. The van der Waals surface area contributed by atoms with Crippen molar-refractivity contribution in [3.63, 3.8) is 0 Å². The highest BCUT2D eigenvalue weighted by Gasteiger charge is 2.04. The Bertz CT molecular complexity index is 304. The number of rotatable bonds is 3. The summed E-state index contributed by atoms with van der Waals surface area (Å²) in [6.45, 7) is 0. The highest BCUT2D eigenvalue weighted by molar-refractivity contribution is 5.98. The van der Waals surface area contributed by atoms with Crippen molar-refractivity contribution >= 4 is 18.9 Å².